The summed E-state index contributed by atoms with van der Waals surface area (Å²) in [5, 5.41) is 4.33. The molecule has 1 aromatic carbocycles. The molecule has 0 aliphatic carbocycles. The normalized spacial score (nSPS) is 21.9. The van der Waals surface area contributed by atoms with E-state index in [0.717, 1.165) is 0 Å². The highest BCUT2D eigenvalue weighted by atomic mass is 35.5. The van der Waals surface area contributed by atoms with Gasteiger partial charge in [-0.05, 0) is 32.0 Å². The molecule has 7 heteroatoms. The van der Waals surface area contributed by atoms with Crippen LogP contribution in [0.15, 0.2) is 28.8 Å². The average Bonchev–Trinajstić information content (AvgIpc) is 2.92. The molecule has 1 fully saturated rings. The third-order valence-electron chi connectivity index (χ3n) is 3.62. The topological polar surface area (TPSA) is 68.5 Å². The molecular formula is C15H16ClN3O3. The number of benzene rings is 1. The van der Waals surface area contributed by atoms with Crippen LogP contribution in [0.25, 0.3) is 0 Å². The Labute approximate surface area is 133 Å². The summed E-state index contributed by atoms with van der Waals surface area (Å²) in [5.74, 6) is 0.793. The van der Waals surface area contributed by atoms with Crippen molar-refractivity contribution in [1.82, 2.24) is 15.0 Å². The summed E-state index contributed by atoms with van der Waals surface area (Å²) in [6.07, 6.45) is -0.225. The third kappa shape index (κ3) is 2.84. The largest absolute Gasteiger partial charge is 0.374 e. The first-order valence-corrected chi connectivity index (χ1v) is 7.42. The Morgan fingerprint density at radius 2 is 2.27 bits per heavy atom. The number of rotatable bonds is 2. The van der Waals surface area contributed by atoms with Gasteiger partial charge in [0.2, 0.25) is 0 Å². The number of hydrogen-bond donors (Lipinski definition) is 0. The van der Waals surface area contributed by atoms with Crippen molar-refractivity contribution >= 4 is 17.5 Å². The lowest BCUT2D eigenvalue weighted by molar-refractivity contribution is -0.0600. The first kappa shape index (κ1) is 15.0. The molecule has 0 saturated carbocycles. The van der Waals surface area contributed by atoms with Gasteiger partial charge in [0.05, 0.1) is 12.7 Å². The molecule has 0 unspecified atom stereocenters. The summed E-state index contributed by atoms with van der Waals surface area (Å²) in [4.78, 5) is 18.8. The van der Waals surface area contributed by atoms with E-state index in [-0.39, 0.29) is 12.0 Å². The highest BCUT2D eigenvalue weighted by molar-refractivity contribution is 6.30. The maximum atomic E-state index is 12.8. The number of amides is 1. The van der Waals surface area contributed by atoms with E-state index in [1.54, 1.807) is 36.1 Å². The molecule has 1 aromatic heterocycles. The van der Waals surface area contributed by atoms with Crippen molar-refractivity contribution < 1.29 is 14.1 Å². The Kier molecular flexibility index (Phi) is 4.13. The average molecular weight is 322 g/mol. The second-order valence-corrected chi connectivity index (χ2v) is 5.65. The summed E-state index contributed by atoms with van der Waals surface area (Å²) in [7, 11) is 0. The number of aryl methyl sites for hydroxylation is 1. The maximum Gasteiger partial charge on any atom is 0.254 e. The minimum atomic E-state index is -0.401. The van der Waals surface area contributed by atoms with Crippen LogP contribution in [0, 0.1) is 6.92 Å². The lowest BCUT2D eigenvalue weighted by atomic mass is 10.1. The van der Waals surface area contributed by atoms with E-state index in [2.05, 4.69) is 10.1 Å². The van der Waals surface area contributed by atoms with Gasteiger partial charge >= 0.3 is 0 Å². The summed E-state index contributed by atoms with van der Waals surface area (Å²) >= 11 is 5.98. The molecule has 0 N–H and O–H groups in total. The predicted molar refractivity (Wildman–Crippen MR) is 79.7 cm³/mol. The van der Waals surface area contributed by atoms with E-state index in [9.17, 15) is 4.79 Å². The number of nitrogens with zero attached hydrogens (tertiary/aromatic N) is 3. The minimum absolute atomic E-state index is 0.126. The highest BCUT2D eigenvalue weighted by Gasteiger charge is 2.38. The van der Waals surface area contributed by atoms with Crippen LogP contribution >= 0.6 is 11.6 Å². The molecule has 2 heterocycles. The molecule has 1 saturated heterocycles. The van der Waals surface area contributed by atoms with E-state index >= 15 is 0 Å². The van der Waals surface area contributed by atoms with E-state index in [4.69, 9.17) is 20.9 Å². The van der Waals surface area contributed by atoms with Crippen LogP contribution < -0.4 is 0 Å². The molecule has 3 rings (SSSR count). The zero-order valence-corrected chi connectivity index (χ0v) is 13.1. The van der Waals surface area contributed by atoms with Gasteiger partial charge in [0.25, 0.3) is 11.8 Å². The molecule has 1 aliphatic rings. The fourth-order valence-corrected chi connectivity index (χ4v) is 2.79. The van der Waals surface area contributed by atoms with Crippen molar-refractivity contribution in [3.8, 4) is 0 Å². The number of halogens is 1. The number of morpholine rings is 1. The maximum absolute atomic E-state index is 12.8. The molecule has 2 atom stereocenters. The molecule has 0 bridgehead atoms. The monoisotopic (exact) mass is 321 g/mol. The van der Waals surface area contributed by atoms with Crippen molar-refractivity contribution in [2.24, 2.45) is 0 Å². The number of aromatic nitrogens is 2. The van der Waals surface area contributed by atoms with Gasteiger partial charge in [-0.2, -0.15) is 4.98 Å². The van der Waals surface area contributed by atoms with Crippen LogP contribution in [0.1, 0.15) is 35.0 Å². The van der Waals surface area contributed by atoms with E-state index in [1.165, 1.54) is 0 Å². The zero-order valence-electron chi connectivity index (χ0n) is 12.3. The molecule has 22 heavy (non-hydrogen) atoms. The molecular weight excluding hydrogens is 306 g/mol. The van der Waals surface area contributed by atoms with E-state index < -0.39 is 6.04 Å². The van der Waals surface area contributed by atoms with Crippen molar-refractivity contribution in [1.29, 1.82) is 0 Å². The van der Waals surface area contributed by atoms with Gasteiger partial charge in [-0.15, -0.1) is 0 Å². The highest BCUT2D eigenvalue weighted by Crippen LogP contribution is 2.30. The fourth-order valence-electron chi connectivity index (χ4n) is 2.60. The van der Waals surface area contributed by atoms with Gasteiger partial charge in [-0.1, -0.05) is 22.8 Å². The van der Waals surface area contributed by atoms with Crippen LogP contribution in [-0.2, 0) is 4.74 Å². The molecule has 2 aromatic rings. The number of hydrogen-bond acceptors (Lipinski definition) is 5. The van der Waals surface area contributed by atoms with Crippen molar-refractivity contribution in [2.75, 3.05) is 13.2 Å². The Balaban J connectivity index is 1.94. The number of carbonyl (C=O) groups is 1. The lowest BCUT2D eigenvalue weighted by Gasteiger charge is -2.37. The van der Waals surface area contributed by atoms with E-state index in [0.29, 0.717) is 35.5 Å². The van der Waals surface area contributed by atoms with Gasteiger partial charge in [-0.3, -0.25) is 4.79 Å². The van der Waals surface area contributed by atoms with Crippen LogP contribution in [0.4, 0.5) is 0 Å². The van der Waals surface area contributed by atoms with Crippen LogP contribution in [0.5, 0.6) is 0 Å². The molecule has 1 aliphatic heterocycles. The molecule has 0 radical (unpaired) electrons. The molecule has 0 spiro atoms. The van der Waals surface area contributed by atoms with Crippen LogP contribution in [-0.4, -0.2) is 40.2 Å². The summed E-state index contributed by atoms with van der Waals surface area (Å²) in [6, 6.07) is 6.48. The van der Waals surface area contributed by atoms with Crippen molar-refractivity contribution in [3.63, 3.8) is 0 Å². The first-order chi connectivity index (χ1) is 10.6. The lowest BCUT2D eigenvalue weighted by Crippen LogP contribution is -2.47. The SMILES string of the molecule is Cc1noc([C@@H]2[C@@H](C)OCCN2C(=O)c2cccc(Cl)c2)n1. The quantitative estimate of drug-likeness (QED) is 0.850. The minimum Gasteiger partial charge on any atom is -0.374 e. The summed E-state index contributed by atoms with van der Waals surface area (Å²) in [6.45, 7) is 4.56. The van der Waals surface area contributed by atoms with Gasteiger partial charge in [0.15, 0.2) is 5.82 Å². The van der Waals surface area contributed by atoms with Gasteiger partial charge in [0.1, 0.15) is 6.04 Å². The zero-order chi connectivity index (χ0) is 15.7. The Bertz CT molecular complexity index is 688. The smallest absolute Gasteiger partial charge is 0.254 e. The molecule has 116 valence electrons. The summed E-state index contributed by atoms with van der Waals surface area (Å²) < 4.78 is 10.9. The predicted octanol–water partition coefficient (Wildman–Crippen LogP) is 2.63. The Morgan fingerprint density at radius 1 is 1.45 bits per heavy atom. The third-order valence-corrected chi connectivity index (χ3v) is 3.86. The van der Waals surface area contributed by atoms with Crippen molar-refractivity contribution in [2.45, 2.75) is 26.0 Å². The van der Waals surface area contributed by atoms with Crippen molar-refractivity contribution in [3.05, 3.63) is 46.6 Å². The Hall–Kier alpha value is -1.92. The number of ether oxygens (including phenoxy) is 1. The Morgan fingerprint density at radius 3 is 2.95 bits per heavy atom. The van der Waals surface area contributed by atoms with Gasteiger partial charge in [-0.25, -0.2) is 0 Å². The first-order valence-electron chi connectivity index (χ1n) is 7.04. The molecule has 1 amide bonds. The standard InChI is InChI=1S/C15H16ClN3O3/c1-9-13(14-17-10(2)18-22-14)19(6-7-21-9)15(20)11-4-3-5-12(16)8-11/h3-5,8-9,13H,6-7H2,1-2H3/t9-,13+/m1/s1. The number of carbonyl (C=O) groups excluding carboxylic acids is 1. The second kappa shape index (κ2) is 6.06. The fraction of sp³-hybridized carbons (Fsp3) is 0.400. The van der Waals surface area contributed by atoms with Crippen LogP contribution in [0.3, 0.4) is 0 Å². The van der Waals surface area contributed by atoms with E-state index in [1.807, 2.05) is 6.92 Å². The van der Waals surface area contributed by atoms with Crippen LogP contribution in [0.2, 0.25) is 5.02 Å². The van der Waals surface area contributed by atoms with Gasteiger partial charge < -0.3 is 14.2 Å². The van der Waals surface area contributed by atoms with Gasteiger partial charge in [0, 0.05) is 17.1 Å². The summed E-state index contributed by atoms with van der Waals surface area (Å²) in [5.41, 5.74) is 0.530. The molecule has 6 nitrogen and oxygen atoms in total. The second-order valence-electron chi connectivity index (χ2n) is 5.21.